The maximum absolute atomic E-state index is 2.40. The van der Waals surface area contributed by atoms with Crippen LogP contribution in [0.2, 0.25) is 0 Å². The number of fused-ring (bicyclic) bond motifs is 3. The predicted molar refractivity (Wildman–Crippen MR) is 237 cm³/mol. The number of para-hydroxylation sites is 3. The van der Waals surface area contributed by atoms with Crippen molar-refractivity contribution in [3.63, 3.8) is 0 Å². The zero-order valence-corrected chi connectivity index (χ0v) is 30.8. The van der Waals surface area contributed by atoms with Gasteiger partial charge in [-0.05, 0) is 93.5 Å². The quantitative estimate of drug-likeness (QED) is 0.152. The highest BCUT2D eigenvalue weighted by atomic mass is 15.1. The van der Waals surface area contributed by atoms with Crippen molar-refractivity contribution in [2.45, 2.75) is 0 Å². The van der Waals surface area contributed by atoms with E-state index in [1.54, 1.807) is 0 Å². The Bertz CT molecular complexity index is 2890. The number of hydrogen-bond acceptors (Lipinski definition) is 1. The second-order valence-electron chi connectivity index (χ2n) is 14.1. The van der Waals surface area contributed by atoms with Crippen molar-refractivity contribution in [3.8, 4) is 50.2 Å². The summed E-state index contributed by atoms with van der Waals surface area (Å²) in [5, 5.41) is 2.53. The molecule has 2 heteroatoms. The minimum Gasteiger partial charge on any atom is -0.310 e. The Morgan fingerprint density at radius 3 is 1.43 bits per heavy atom. The van der Waals surface area contributed by atoms with Gasteiger partial charge in [0, 0.05) is 33.4 Å². The standard InChI is InChI=1S/C54H38N2/c1-4-17-40(18-5-1)47-36-35-46(38-51(47)42-21-8-3-9-22-42)55(52-28-13-10-25-48(52)41-19-6-2-7-20-41)44-33-31-39(32-34-44)43-23-16-24-45(37-43)56-53-29-14-11-26-49(53)50-27-12-15-30-54(50)56/h1-38H. The van der Waals surface area contributed by atoms with Gasteiger partial charge in [-0.1, -0.05) is 176 Å². The molecule has 0 saturated carbocycles. The van der Waals surface area contributed by atoms with Crippen LogP contribution in [0.3, 0.4) is 0 Å². The third-order valence-electron chi connectivity index (χ3n) is 10.8. The average Bonchev–Trinajstić information content (AvgIpc) is 3.62. The lowest BCUT2D eigenvalue weighted by atomic mass is 9.93. The molecule has 0 aliphatic rings. The largest absolute Gasteiger partial charge is 0.310 e. The fourth-order valence-corrected chi connectivity index (χ4v) is 8.18. The molecule has 0 fully saturated rings. The summed E-state index contributed by atoms with van der Waals surface area (Å²) in [6.07, 6.45) is 0. The van der Waals surface area contributed by atoms with Gasteiger partial charge in [0.2, 0.25) is 0 Å². The van der Waals surface area contributed by atoms with E-state index in [0.717, 1.165) is 28.3 Å². The van der Waals surface area contributed by atoms with E-state index < -0.39 is 0 Å². The van der Waals surface area contributed by atoms with Gasteiger partial charge in [0.05, 0.1) is 16.7 Å². The Morgan fingerprint density at radius 1 is 0.286 bits per heavy atom. The van der Waals surface area contributed by atoms with Crippen LogP contribution >= 0.6 is 0 Å². The zero-order chi connectivity index (χ0) is 37.3. The molecule has 56 heavy (non-hydrogen) atoms. The van der Waals surface area contributed by atoms with Crippen LogP contribution in [0.25, 0.3) is 72.0 Å². The Labute approximate surface area is 327 Å². The van der Waals surface area contributed by atoms with Crippen LogP contribution < -0.4 is 4.90 Å². The zero-order valence-electron chi connectivity index (χ0n) is 30.8. The van der Waals surface area contributed by atoms with E-state index in [0.29, 0.717) is 0 Å². The molecular weight excluding hydrogens is 677 g/mol. The number of nitrogens with zero attached hydrogens (tertiary/aromatic N) is 2. The highest BCUT2D eigenvalue weighted by molar-refractivity contribution is 6.09. The first-order valence-electron chi connectivity index (χ1n) is 19.2. The second kappa shape index (κ2) is 14.4. The Kier molecular flexibility index (Phi) is 8.55. The maximum Gasteiger partial charge on any atom is 0.0541 e. The van der Waals surface area contributed by atoms with Gasteiger partial charge in [-0.3, -0.25) is 0 Å². The summed E-state index contributed by atoms with van der Waals surface area (Å²) in [6, 6.07) is 83.0. The van der Waals surface area contributed by atoms with Crippen molar-refractivity contribution < 1.29 is 0 Å². The third kappa shape index (κ3) is 6.04. The van der Waals surface area contributed by atoms with Gasteiger partial charge in [0.15, 0.2) is 0 Å². The van der Waals surface area contributed by atoms with Crippen LogP contribution in [0, 0.1) is 0 Å². The van der Waals surface area contributed by atoms with Crippen LogP contribution in [0.15, 0.2) is 231 Å². The van der Waals surface area contributed by atoms with E-state index in [1.165, 1.54) is 60.8 Å². The minimum atomic E-state index is 1.09. The highest BCUT2D eigenvalue weighted by Gasteiger charge is 2.20. The van der Waals surface area contributed by atoms with Crippen LogP contribution in [-0.4, -0.2) is 4.57 Å². The molecule has 0 saturated heterocycles. The molecule has 10 aromatic rings. The van der Waals surface area contributed by atoms with E-state index in [9.17, 15) is 0 Å². The molecule has 9 aromatic carbocycles. The molecule has 1 aromatic heterocycles. The van der Waals surface area contributed by atoms with Crippen molar-refractivity contribution in [2.24, 2.45) is 0 Å². The van der Waals surface area contributed by atoms with Crippen molar-refractivity contribution in [2.75, 3.05) is 4.90 Å². The number of aromatic nitrogens is 1. The smallest absolute Gasteiger partial charge is 0.0541 e. The van der Waals surface area contributed by atoms with E-state index in [2.05, 4.69) is 240 Å². The first kappa shape index (κ1) is 33.2. The van der Waals surface area contributed by atoms with Crippen molar-refractivity contribution in [3.05, 3.63) is 231 Å². The first-order valence-corrected chi connectivity index (χ1v) is 19.2. The lowest BCUT2D eigenvalue weighted by Gasteiger charge is -2.29. The monoisotopic (exact) mass is 714 g/mol. The summed E-state index contributed by atoms with van der Waals surface area (Å²) >= 11 is 0. The molecule has 0 radical (unpaired) electrons. The molecule has 2 nitrogen and oxygen atoms in total. The predicted octanol–water partition coefficient (Wildman–Crippen LogP) is 14.9. The Morgan fingerprint density at radius 2 is 0.786 bits per heavy atom. The SMILES string of the molecule is c1ccc(-c2ccc(N(c3ccc(-c4cccc(-n5c6ccccc6c6ccccc65)c4)cc3)c3ccccc3-c3ccccc3)cc2-c2ccccc2)cc1. The average molecular weight is 715 g/mol. The summed E-state index contributed by atoms with van der Waals surface area (Å²) < 4.78 is 2.38. The van der Waals surface area contributed by atoms with Gasteiger partial charge in [0.1, 0.15) is 0 Å². The van der Waals surface area contributed by atoms with Gasteiger partial charge in [0.25, 0.3) is 0 Å². The Hall–Kier alpha value is -7.42. The number of anilines is 3. The van der Waals surface area contributed by atoms with E-state index >= 15 is 0 Å². The molecule has 0 spiro atoms. The Balaban J connectivity index is 1.11. The fraction of sp³-hybridized carbons (Fsp3) is 0. The van der Waals surface area contributed by atoms with Gasteiger partial charge in [-0.25, -0.2) is 0 Å². The fourth-order valence-electron chi connectivity index (χ4n) is 8.18. The minimum absolute atomic E-state index is 1.09. The topological polar surface area (TPSA) is 8.17 Å². The van der Waals surface area contributed by atoms with E-state index in [-0.39, 0.29) is 0 Å². The second-order valence-corrected chi connectivity index (χ2v) is 14.1. The molecule has 0 bridgehead atoms. The number of rotatable bonds is 8. The van der Waals surface area contributed by atoms with E-state index in [1.807, 2.05) is 0 Å². The highest BCUT2D eigenvalue weighted by Crippen LogP contribution is 2.44. The number of benzene rings is 9. The molecule has 0 atom stereocenters. The van der Waals surface area contributed by atoms with Crippen LogP contribution in [0.4, 0.5) is 17.1 Å². The van der Waals surface area contributed by atoms with Crippen LogP contribution in [0.5, 0.6) is 0 Å². The molecule has 0 aliphatic carbocycles. The van der Waals surface area contributed by atoms with Crippen LogP contribution in [-0.2, 0) is 0 Å². The molecule has 0 unspecified atom stereocenters. The van der Waals surface area contributed by atoms with Crippen molar-refractivity contribution >= 4 is 38.9 Å². The molecule has 0 N–H and O–H groups in total. The maximum atomic E-state index is 2.40. The summed E-state index contributed by atoms with van der Waals surface area (Å²) in [5.74, 6) is 0. The van der Waals surface area contributed by atoms with Gasteiger partial charge in [-0.15, -0.1) is 0 Å². The lowest BCUT2D eigenvalue weighted by molar-refractivity contribution is 1.18. The summed E-state index contributed by atoms with van der Waals surface area (Å²) in [4.78, 5) is 2.40. The van der Waals surface area contributed by atoms with Crippen LogP contribution in [0.1, 0.15) is 0 Å². The molecule has 0 aliphatic heterocycles. The molecule has 10 rings (SSSR count). The normalized spacial score (nSPS) is 11.2. The van der Waals surface area contributed by atoms with Crippen molar-refractivity contribution in [1.82, 2.24) is 4.57 Å². The summed E-state index contributed by atoms with van der Waals surface area (Å²) in [6.45, 7) is 0. The van der Waals surface area contributed by atoms with Gasteiger partial charge < -0.3 is 9.47 Å². The lowest BCUT2D eigenvalue weighted by Crippen LogP contribution is -2.11. The third-order valence-corrected chi connectivity index (χ3v) is 10.8. The first-order chi connectivity index (χ1) is 27.8. The van der Waals surface area contributed by atoms with Crippen molar-refractivity contribution in [1.29, 1.82) is 0 Å². The molecular formula is C54H38N2. The summed E-state index contributed by atoms with van der Waals surface area (Å²) in [5.41, 5.74) is 16.3. The molecule has 264 valence electrons. The molecule has 1 heterocycles. The van der Waals surface area contributed by atoms with E-state index in [4.69, 9.17) is 0 Å². The van der Waals surface area contributed by atoms with Gasteiger partial charge in [-0.2, -0.15) is 0 Å². The number of hydrogen-bond donors (Lipinski definition) is 0. The summed E-state index contributed by atoms with van der Waals surface area (Å²) in [7, 11) is 0. The van der Waals surface area contributed by atoms with Gasteiger partial charge >= 0.3 is 0 Å². The molecule has 0 amide bonds.